The van der Waals surface area contributed by atoms with Crippen molar-refractivity contribution in [2.45, 2.75) is 38.5 Å². The van der Waals surface area contributed by atoms with Gasteiger partial charge in [-0.15, -0.1) is 0 Å². The predicted octanol–water partition coefficient (Wildman–Crippen LogP) is 1.31. The summed E-state index contributed by atoms with van der Waals surface area (Å²) in [5.41, 5.74) is 0.235. The first-order valence-electron chi connectivity index (χ1n) is 7.20. The van der Waals surface area contributed by atoms with Crippen LogP contribution < -0.4 is 10.6 Å². The van der Waals surface area contributed by atoms with Crippen molar-refractivity contribution in [3.8, 4) is 0 Å². The summed E-state index contributed by atoms with van der Waals surface area (Å²) in [4.78, 5) is 11.9. The number of carbonyl (C=O) groups excluding carboxylic acids is 1. The fourth-order valence-corrected chi connectivity index (χ4v) is 3.06. The molecule has 0 unspecified atom stereocenters. The van der Waals surface area contributed by atoms with E-state index in [1.54, 1.807) is 7.11 Å². The number of nitrogens with one attached hydrogen (secondary N) is 2. The molecule has 2 rings (SSSR count). The molecule has 0 radical (unpaired) electrons. The standard InChI is InChI=1S/C14H26N2O2/c1-18-11-14(5-2-6-14)10-16-13(17)9-12-3-7-15-8-4-12/h12,15H,2-11H2,1H3,(H,16,17). The van der Waals surface area contributed by atoms with Crippen LogP contribution in [0.2, 0.25) is 0 Å². The molecule has 2 N–H and O–H groups in total. The number of piperidine rings is 1. The molecule has 0 aromatic carbocycles. The summed E-state index contributed by atoms with van der Waals surface area (Å²) in [6, 6.07) is 0. The first-order chi connectivity index (χ1) is 8.74. The monoisotopic (exact) mass is 254 g/mol. The first kappa shape index (κ1) is 13.8. The summed E-state index contributed by atoms with van der Waals surface area (Å²) in [6.45, 7) is 3.70. The van der Waals surface area contributed by atoms with Crippen molar-refractivity contribution >= 4 is 5.91 Å². The average Bonchev–Trinajstić information content (AvgIpc) is 2.34. The molecule has 1 aliphatic carbocycles. The molecule has 0 aromatic heterocycles. The van der Waals surface area contributed by atoms with E-state index in [4.69, 9.17) is 4.74 Å². The van der Waals surface area contributed by atoms with E-state index in [-0.39, 0.29) is 11.3 Å². The van der Waals surface area contributed by atoms with Gasteiger partial charge in [-0.25, -0.2) is 0 Å². The molecular formula is C14H26N2O2. The molecule has 2 fully saturated rings. The molecule has 4 heteroatoms. The number of hydrogen-bond donors (Lipinski definition) is 2. The Hall–Kier alpha value is -0.610. The van der Waals surface area contributed by atoms with Gasteiger partial charge in [0.2, 0.25) is 5.91 Å². The third kappa shape index (κ3) is 3.69. The Balaban J connectivity index is 1.67. The van der Waals surface area contributed by atoms with Crippen LogP contribution in [0.5, 0.6) is 0 Å². The maximum absolute atomic E-state index is 11.9. The number of hydrogen-bond acceptors (Lipinski definition) is 3. The second kappa shape index (κ2) is 6.53. The van der Waals surface area contributed by atoms with E-state index in [2.05, 4.69) is 10.6 Å². The van der Waals surface area contributed by atoms with Gasteiger partial charge in [-0.1, -0.05) is 6.42 Å². The van der Waals surface area contributed by atoms with Crippen molar-refractivity contribution in [1.82, 2.24) is 10.6 Å². The fourth-order valence-electron chi connectivity index (χ4n) is 3.06. The van der Waals surface area contributed by atoms with Crippen LogP contribution in [0.3, 0.4) is 0 Å². The van der Waals surface area contributed by atoms with Crippen LogP contribution in [-0.2, 0) is 9.53 Å². The Labute approximate surface area is 110 Å². The summed E-state index contributed by atoms with van der Waals surface area (Å²) in [5.74, 6) is 0.801. The molecule has 4 nitrogen and oxygen atoms in total. The molecule has 18 heavy (non-hydrogen) atoms. The van der Waals surface area contributed by atoms with E-state index >= 15 is 0 Å². The molecule has 1 heterocycles. The molecule has 2 aliphatic rings. The van der Waals surface area contributed by atoms with Gasteiger partial charge in [0.25, 0.3) is 0 Å². The molecule has 1 saturated carbocycles. The van der Waals surface area contributed by atoms with Gasteiger partial charge in [-0.05, 0) is 44.7 Å². The second-order valence-corrected chi connectivity index (χ2v) is 5.96. The third-order valence-electron chi connectivity index (χ3n) is 4.46. The van der Waals surface area contributed by atoms with E-state index in [0.717, 1.165) is 39.1 Å². The van der Waals surface area contributed by atoms with Crippen LogP contribution in [0.4, 0.5) is 0 Å². The third-order valence-corrected chi connectivity index (χ3v) is 4.46. The lowest BCUT2D eigenvalue weighted by atomic mass is 9.69. The van der Waals surface area contributed by atoms with Crippen LogP contribution in [-0.4, -0.2) is 39.3 Å². The maximum atomic E-state index is 11.9. The van der Waals surface area contributed by atoms with Gasteiger partial charge >= 0.3 is 0 Å². The van der Waals surface area contributed by atoms with Gasteiger partial charge in [0.1, 0.15) is 0 Å². The summed E-state index contributed by atoms with van der Waals surface area (Å²) in [5, 5.41) is 6.45. The van der Waals surface area contributed by atoms with Gasteiger partial charge < -0.3 is 15.4 Å². The molecule has 104 valence electrons. The van der Waals surface area contributed by atoms with Crippen LogP contribution in [0.1, 0.15) is 38.5 Å². The first-order valence-corrected chi connectivity index (χ1v) is 7.20. The summed E-state index contributed by atoms with van der Waals surface area (Å²) in [7, 11) is 1.75. The zero-order chi connectivity index (χ0) is 12.8. The van der Waals surface area contributed by atoms with Gasteiger partial charge in [-0.3, -0.25) is 4.79 Å². The summed E-state index contributed by atoms with van der Waals surface area (Å²) in [6.07, 6.45) is 6.62. The highest BCUT2D eigenvalue weighted by atomic mass is 16.5. The minimum atomic E-state index is 0.226. The van der Waals surface area contributed by atoms with Crippen LogP contribution >= 0.6 is 0 Å². The number of amides is 1. The van der Waals surface area contributed by atoms with Crippen LogP contribution in [0.15, 0.2) is 0 Å². The number of methoxy groups -OCH3 is 1. The molecule has 0 aromatic rings. The Morgan fingerprint density at radius 2 is 2.11 bits per heavy atom. The van der Waals surface area contributed by atoms with Gasteiger partial charge in [0.05, 0.1) is 6.61 Å². The minimum absolute atomic E-state index is 0.226. The van der Waals surface area contributed by atoms with E-state index in [1.165, 1.54) is 19.3 Å². The average molecular weight is 254 g/mol. The van der Waals surface area contributed by atoms with Crippen molar-refractivity contribution in [1.29, 1.82) is 0 Å². The van der Waals surface area contributed by atoms with Gasteiger partial charge in [-0.2, -0.15) is 0 Å². The lowest BCUT2D eigenvalue weighted by Crippen LogP contribution is -2.45. The Kier molecular flexibility index (Phi) is 5.01. The summed E-state index contributed by atoms with van der Waals surface area (Å²) < 4.78 is 5.27. The Morgan fingerprint density at radius 3 is 2.67 bits per heavy atom. The van der Waals surface area contributed by atoms with E-state index in [0.29, 0.717) is 12.3 Å². The van der Waals surface area contributed by atoms with Gasteiger partial charge in [0, 0.05) is 25.5 Å². The zero-order valence-electron chi connectivity index (χ0n) is 11.5. The number of ether oxygens (including phenoxy) is 1. The number of rotatable bonds is 6. The smallest absolute Gasteiger partial charge is 0.220 e. The highest BCUT2D eigenvalue weighted by Gasteiger charge is 2.37. The lowest BCUT2D eigenvalue weighted by Gasteiger charge is -2.41. The Bertz CT molecular complexity index is 271. The lowest BCUT2D eigenvalue weighted by molar-refractivity contribution is -0.123. The van der Waals surface area contributed by atoms with Crippen LogP contribution in [0.25, 0.3) is 0 Å². The van der Waals surface area contributed by atoms with E-state index in [9.17, 15) is 4.79 Å². The second-order valence-electron chi connectivity index (χ2n) is 5.96. The largest absolute Gasteiger partial charge is 0.384 e. The highest BCUT2D eigenvalue weighted by Crippen LogP contribution is 2.40. The Morgan fingerprint density at radius 1 is 1.39 bits per heavy atom. The van der Waals surface area contributed by atoms with Crippen molar-refractivity contribution < 1.29 is 9.53 Å². The normalized spacial score (nSPS) is 23.4. The maximum Gasteiger partial charge on any atom is 0.220 e. The molecule has 1 aliphatic heterocycles. The molecule has 0 bridgehead atoms. The molecular weight excluding hydrogens is 228 g/mol. The molecule has 0 atom stereocenters. The SMILES string of the molecule is COCC1(CNC(=O)CC2CCNCC2)CCC1. The quantitative estimate of drug-likeness (QED) is 0.751. The minimum Gasteiger partial charge on any atom is -0.384 e. The molecule has 0 spiro atoms. The van der Waals surface area contributed by atoms with Crippen molar-refractivity contribution in [2.24, 2.45) is 11.3 Å². The van der Waals surface area contributed by atoms with Crippen molar-refractivity contribution in [3.05, 3.63) is 0 Å². The predicted molar refractivity (Wildman–Crippen MR) is 71.4 cm³/mol. The molecule has 1 amide bonds. The molecule has 1 saturated heterocycles. The zero-order valence-corrected chi connectivity index (χ0v) is 11.5. The fraction of sp³-hybridized carbons (Fsp3) is 0.929. The summed E-state index contributed by atoms with van der Waals surface area (Å²) >= 11 is 0. The van der Waals surface area contributed by atoms with Crippen molar-refractivity contribution in [2.75, 3.05) is 33.4 Å². The van der Waals surface area contributed by atoms with E-state index < -0.39 is 0 Å². The topological polar surface area (TPSA) is 50.4 Å². The van der Waals surface area contributed by atoms with Crippen molar-refractivity contribution in [3.63, 3.8) is 0 Å². The highest BCUT2D eigenvalue weighted by molar-refractivity contribution is 5.76. The van der Waals surface area contributed by atoms with Gasteiger partial charge in [0.15, 0.2) is 0 Å². The van der Waals surface area contributed by atoms with E-state index in [1.807, 2.05) is 0 Å². The van der Waals surface area contributed by atoms with Crippen LogP contribution in [0, 0.1) is 11.3 Å². The number of carbonyl (C=O) groups is 1.